The van der Waals surface area contributed by atoms with Crippen LogP contribution in [0.1, 0.15) is 64.2 Å². The molecule has 0 aliphatic rings. The summed E-state index contributed by atoms with van der Waals surface area (Å²) in [5.41, 5.74) is 0. The van der Waals surface area contributed by atoms with Crippen molar-refractivity contribution in [1.29, 1.82) is 0 Å². The van der Waals surface area contributed by atoms with Gasteiger partial charge in [-0.3, -0.25) is 9.59 Å². The summed E-state index contributed by atoms with van der Waals surface area (Å²) < 4.78 is 8.73. The van der Waals surface area contributed by atoms with E-state index < -0.39 is 49.3 Å². The predicted molar refractivity (Wildman–Crippen MR) is 94.6 cm³/mol. The fourth-order valence-electron chi connectivity index (χ4n) is 2.21. The molecule has 162 valence electrons. The van der Waals surface area contributed by atoms with Crippen molar-refractivity contribution in [2.75, 3.05) is 13.2 Å². The smallest absolute Gasteiger partial charge is 0.345 e. The first-order valence-electron chi connectivity index (χ1n) is 9.38. The fourth-order valence-corrected chi connectivity index (χ4v) is 2.21. The summed E-state index contributed by atoms with van der Waals surface area (Å²) in [6.07, 6.45) is 3.11. The minimum atomic E-state index is -1.70. The van der Waals surface area contributed by atoms with E-state index >= 15 is 0 Å². The first kappa shape index (κ1) is 26.1. The van der Waals surface area contributed by atoms with Crippen LogP contribution in [0, 0.1) is 0 Å². The van der Waals surface area contributed by atoms with Gasteiger partial charge in [0.25, 0.3) is 0 Å². The number of aliphatic hydroxyl groups excluding tert-OH is 4. The van der Waals surface area contributed by atoms with E-state index in [0.29, 0.717) is 12.8 Å². The number of carbonyl (C=O) groups is 4. The molecule has 0 aromatic heterocycles. The predicted octanol–water partition coefficient (Wildman–Crippen LogP) is -0.267. The first-order chi connectivity index (χ1) is 13.3. The highest BCUT2D eigenvalue weighted by atomic mass is 16.6. The highest BCUT2D eigenvalue weighted by Crippen LogP contribution is 2.11. The number of rotatable bonds is 15. The normalized spacial score (nSPS) is 12.9. The Labute approximate surface area is 163 Å². The van der Waals surface area contributed by atoms with Gasteiger partial charge >= 0.3 is 23.9 Å². The van der Waals surface area contributed by atoms with Gasteiger partial charge in [0, 0.05) is 12.8 Å². The molecule has 0 bridgehead atoms. The molecule has 0 fully saturated rings. The molecule has 2 unspecified atom stereocenters. The van der Waals surface area contributed by atoms with Crippen molar-refractivity contribution in [2.24, 2.45) is 0 Å². The highest BCUT2D eigenvalue weighted by Gasteiger charge is 2.19. The van der Waals surface area contributed by atoms with Gasteiger partial charge in [-0.1, -0.05) is 38.5 Å². The second-order valence-electron chi connectivity index (χ2n) is 6.31. The van der Waals surface area contributed by atoms with Crippen molar-refractivity contribution in [3.63, 3.8) is 0 Å². The van der Waals surface area contributed by atoms with Crippen molar-refractivity contribution >= 4 is 23.9 Å². The number of carbonyl (C=O) groups excluding carboxylic acids is 4. The number of esters is 4. The molecular formula is C18H30O10. The minimum absolute atomic E-state index is 0.0652. The quantitative estimate of drug-likeness (QED) is 0.161. The fraction of sp³-hybridized carbons (Fsp3) is 0.778. The maximum Gasteiger partial charge on any atom is 0.345 e. The lowest BCUT2D eigenvalue weighted by atomic mass is 10.1. The molecule has 10 nitrogen and oxygen atoms in total. The average Bonchev–Trinajstić information content (AvgIpc) is 2.67. The van der Waals surface area contributed by atoms with E-state index in [9.17, 15) is 19.2 Å². The van der Waals surface area contributed by atoms with E-state index in [0.717, 1.165) is 38.5 Å². The van der Waals surface area contributed by atoms with Gasteiger partial charge in [-0.05, 0) is 12.8 Å². The molecule has 0 spiro atoms. The summed E-state index contributed by atoms with van der Waals surface area (Å²) in [4.78, 5) is 44.8. The third-order valence-corrected chi connectivity index (χ3v) is 3.83. The van der Waals surface area contributed by atoms with Crippen LogP contribution in [-0.4, -0.2) is 69.7 Å². The number of aliphatic hydroxyl groups is 4. The Balaban J connectivity index is 3.51. The van der Waals surface area contributed by atoms with Crippen LogP contribution in [0.5, 0.6) is 0 Å². The van der Waals surface area contributed by atoms with Gasteiger partial charge in [-0.25, -0.2) is 9.59 Å². The lowest BCUT2D eigenvalue weighted by Crippen LogP contribution is -2.28. The topological polar surface area (TPSA) is 168 Å². The van der Waals surface area contributed by atoms with Crippen LogP contribution in [-0.2, 0) is 28.7 Å². The monoisotopic (exact) mass is 406 g/mol. The first-order valence-corrected chi connectivity index (χ1v) is 9.38. The van der Waals surface area contributed by atoms with E-state index in [1.807, 2.05) is 0 Å². The van der Waals surface area contributed by atoms with Crippen LogP contribution in [0.3, 0.4) is 0 Å². The Morgan fingerprint density at radius 1 is 0.571 bits per heavy atom. The van der Waals surface area contributed by atoms with E-state index in [1.165, 1.54) is 0 Å². The molecule has 0 aliphatic heterocycles. The van der Waals surface area contributed by atoms with Crippen LogP contribution in [0.2, 0.25) is 0 Å². The summed E-state index contributed by atoms with van der Waals surface area (Å²) in [5.74, 6) is -3.75. The molecule has 0 aromatic rings. The number of hydrogen-bond acceptors (Lipinski definition) is 10. The molecule has 0 radical (unpaired) electrons. The van der Waals surface area contributed by atoms with Gasteiger partial charge in [-0.2, -0.15) is 0 Å². The van der Waals surface area contributed by atoms with Crippen molar-refractivity contribution in [3.05, 3.63) is 0 Å². The molecule has 0 aliphatic carbocycles. The standard InChI is InChI=1S/C18H30O10/c19-11-13(21)17(25)27-15(23)9-7-5-3-1-2-4-6-8-10-16(24)28-18(26)14(22)12-20/h13-14,19-22H,1-12H2. The average molecular weight is 406 g/mol. The summed E-state index contributed by atoms with van der Waals surface area (Å²) >= 11 is 0. The second kappa shape index (κ2) is 16.1. The zero-order valence-corrected chi connectivity index (χ0v) is 15.9. The van der Waals surface area contributed by atoms with Gasteiger partial charge in [-0.15, -0.1) is 0 Å². The highest BCUT2D eigenvalue weighted by molar-refractivity contribution is 5.88. The minimum Gasteiger partial charge on any atom is -0.393 e. The molecule has 28 heavy (non-hydrogen) atoms. The molecule has 4 N–H and O–H groups in total. The number of hydrogen-bond donors (Lipinski definition) is 4. The SMILES string of the molecule is O=C(CCCCCCCCCCC(=O)OC(=O)C(O)CO)OC(=O)C(O)CO. The lowest BCUT2D eigenvalue weighted by Gasteiger charge is -2.07. The van der Waals surface area contributed by atoms with Crippen LogP contribution >= 0.6 is 0 Å². The van der Waals surface area contributed by atoms with E-state index in [1.54, 1.807) is 0 Å². The maximum atomic E-state index is 11.3. The molecule has 2 atom stereocenters. The van der Waals surface area contributed by atoms with E-state index in [-0.39, 0.29) is 12.8 Å². The Kier molecular flexibility index (Phi) is 15.0. The Bertz CT molecular complexity index is 447. The molecule has 0 saturated carbocycles. The van der Waals surface area contributed by atoms with Gasteiger partial charge in [0.1, 0.15) is 0 Å². The summed E-state index contributed by atoms with van der Waals surface area (Å²) in [6.45, 7) is -1.59. The largest absolute Gasteiger partial charge is 0.393 e. The third-order valence-electron chi connectivity index (χ3n) is 3.83. The van der Waals surface area contributed by atoms with Gasteiger partial charge in [0.05, 0.1) is 13.2 Å². The molecular weight excluding hydrogens is 376 g/mol. The number of unbranched alkanes of at least 4 members (excludes halogenated alkanes) is 7. The molecule has 10 heteroatoms. The lowest BCUT2D eigenvalue weighted by molar-refractivity contribution is -0.168. The Morgan fingerprint density at radius 2 is 0.857 bits per heavy atom. The molecule has 0 rings (SSSR count). The van der Waals surface area contributed by atoms with Gasteiger partial charge in [0.2, 0.25) is 0 Å². The zero-order valence-electron chi connectivity index (χ0n) is 15.9. The third kappa shape index (κ3) is 13.3. The molecule has 0 heterocycles. The Hall–Kier alpha value is -1.88. The molecule has 0 amide bonds. The van der Waals surface area contributed by atoms with E-state index in [2.05, 4.69) is 9.47 Å². The summed E-state index contributed by atoms with van der Waals surface area (Å²) in [5, 5.41) is 35.0. The summed E-state index contributed by atoms with van der Waals surface area (Å²) in [6, 6.07) is 0. The van der Waals surface area contributed by atoms with Crippen LogP contribution in [0.4, 0.5) is 0 Å². The van der Waals surface area contributed by atoms with Crippen LogP contribution < -0.4 is 0 Å². The number of ether oxygens (including phenoxy) is 2. The van der Waals surface area contributed by atoms with Gasteiger partial charge < -0.3 is 29.9 Å². The second-order valence-corrected chi connectivity index (χ2v) is 6.31. The molecule has 0 saturated heterocycles. The van der Waals surface area contributed by atoms with Crippen molar-refractivity contribution in [1.82, 2.24) is 0 Å². The van der Waals surface area contributed by atoms with Crippen molar-refractivity contribution in [3.8, 4) is 0 Å². The molecule has 0 aromatic carbocycles. The summed E-state index contributed by atoms with van der Waals surface area (Å²) in [7, 11) is 0. The van der Waals surface area contributed by atoms with Crippen LogP contribution in [0.25, 0.3) is 0 Å². The van der Waals surface area contributed by atoms with Crippen molar-refractivity contribution in [2.45, 2.75) is 76.4 Å². The van der Waals surface area contributed by atoms with Crippen molar-refractivity contribution < 1.29 is 49.1 Å². The van der Waals surface area contributed by atoms with Crippen LogP contribution in [0.15, 0.2) is 0 Å². The van der Waals surface area contributed by atoms with Gasteiger partial charge in [0.15, 0.2) is 12.2 Å². The van der Waals surface area contributed by atoms with E-state index in [4.69, 9.17) is 20.4 Å². The Morgan fingerprint density at radius 3 is 1.14 bits per heavy atom. The zero-order chi connectivity index (χ0) is 21.4. The maximum absolute atomic E-state index is 11.3.